The highest BCUT2D eigenvalue weighted by atomic mass is 16.6. The van der Waals surface area contributed by atoms with Gasteiger partial charge in [-0.3, -0.25) is 20.0 Å². The second-order valence-corrected chi connectivity index (χ2v) is 8.13. The van der Waals surface area contributed by atoms with Gasteiger partial charge in [-0.1, -0.05) is 54.8 Å². The molecule has 1 fully saturated rings. The first-order valence-electron chi connectivity index (χ1n) is 10.3. The van der Waals surface area contributed by atoms with Crippen LogP contribution in [0.2, 0.25) is 0 Å². The maximum Gasteiger partial charge on any atom is 0.273 e. The number of fused-ring (bicyclic) bond motifs is 1. The standard InChI is InChI=1S/C23H22N4O3/c1-14-9-11-15(12-10-14)20-19-21(25-24-20)23(28)26(17-6-2-3-7-17)22(19)16-5-4-8-18(13-16)27(29)30/h4-5,8-13,17,22H,2-3,6-7H2,1H3,(H,24,25). The van der Waals surface area contributed by atoms with Crippen LogP contribution in [0.3, 0.4) is 0 Å². The van der Waals surface area contributed by atoms with Crippen LogP contribution in [0.15, 0.2) is 48.5 Å². The molecule has 1 aliphatic carbocycles. The van der Waals surface area contributed by atoms with E-state index in [-0.39, 0.29) is 23.7 Å². The molecule has 152 valence electrons. The number of aromatic amines is 1. The number of nitrogens with one attached hydrogen (secondary N) is 1. The number of nitrogens with zero attached hydrogens (tertiary/aromatic N) is 3. The first-order chi connectivity index (χ1) is 14.5. The Bertz CT molecular complexity index is 1130. The van der Waals surface area contributed by atoms with Gasteiger partial charge in [0.15, 0.2) is 0 Å². The molecule has 30 heavy (non-hydrogen) atoms. The van der Waals surface area contributed by atoms with Crippen molar-refractivity contribution in [2.75, 3.05) is 0 Å². The van der Waals surface area contributed by atoms with Crippen molar-refractivity contribution < 1.29 is 9.72 Å². The molecule has 1 unspecified atom stereocenters. The zero-order valence-corrected chi connectivity index (χ0v) is 16.7. The van der Waals surface area contributed by atoms with Gasteiger partial charge >= 0.3 is 0 Å². The summed E-state index contributed by atoms with van der Waals surface area (Å²) in [7, 11) is 0. The van der Waals surface area contributed by atoms with Crippen LogP contribution in [-0.2, 0) is 0 Å². The third kappa shape index (κ3) is 2.89. The van der Waals surface area contributed by atoms with E-state index in [1.165, 1.54) is 6.07 Å². The van der Waals surface area contributed by atoms with Crippen LogP contribution >= 0.6 is 0 Å². The Morgan fingerprint density at radius 3 is 2.57 bits per heavy atom. The Morgan fingerprint density at radius 2 is 1.87 bits per heavy atom. The van der Waals surface area contributed by atoms with Gasteiger partial charge in [-0.2, -0.15) is 5.10 Å². The van der Waals surface area contributed by atoms with E-state index in [1.54, 1.807) is 12.1 Å². The molecule has 2 aromatic carbocycles. The number of benzene rings is 2. The predicted octanol–water partition coefficient (Wildman–Crippen LogP) is 4.78. The Morgan fingerprint density at radius 1 is 1.13 bits per heavy atom. The minimum absolute atomic E-state index is 0.0279. The molecule has 0 radical (unpaired) electrons. The summed E-state index contributed by atoms with van der Waals surface area (Å²) in [5, 5.41) is 18.8. The number of aryl methyl sites for hydroxylation is 1. The normalized spacial score (nSPS) is 18.8. The number of aromatic nitrogens is 2. The van der Waals surface area contributed by atoms with Crippen molar-refractivity contribution in [1.29, 1.82) is 0 Å². The van der Waals surface area contributed by atoms with E-state index in [0.717, 1.165) is 53.6 Å². The Labute approximate surface area is 173 Å². The summed E-state index contributed by atoms with van der Waals surface area (Å²) in [6.07, 6.45) is 4.09. The summed E-state index contributed by atoms with van der Waals surface area (Å²) in [5.41, 5.74) is 4.89. The van der Waals surface area contributed by atoms with Crippen molar-refractivity contribution in [1.82, 2.24) is 15.1 Å². The molecule has 2 aliphatic rings. The van der Waals surface area contributed by atoms with E-state index >= 15 is 0 Å². The largest absolute Gasteiger partial charge is 0.323 e. The molecule has 1 saturated carbocycles. The van der Waals surface area contributed by atoms with Crippen molar-refractivity contribution >= 4 is 11.6 Å². The third-order valence-electron chi connectivity index (χ3n) is 6.24. The van der Waals surface area contributed by atoms with Crippen LogP contribution in [-0.4, -0.2) is 32.0 Å². The summed E-state index contributed by atoms with van der Waals surface area (Å²) in [5.74, 6) is -0.0701. The van der Waals surface area contributed by atoms with Gasteiger partial charge in [0.2, 0.25) is 0 Å². The highest BCUT2D eigenvalue weighted by molar-refractivity contribution is 6.00. The summed E-state index contributed by atoms with van der Waals surface area (Å²) in [6.45, 7) is 2.02. The van der Waals surface area contributed by atoms with Crippen molar-refractivity contribution in [2.45, 2.75) is 44.7 Å². The monoisotopic (exact) mass is 402 g/mol. The predicted molar refractivity (Wildman–Crippen MR) is 112 cm³/mol. The second kappa shape index (κ2) is 7.09. The lowest BCUT2D eigenvalue weighted by atomic mass is 9.94. The molecule has 1 amide bonds. The van der Waals surface area contributed by atoms with Crippen LogP contribution in [0, 0.1) is 17.0 Å². The topological polar surface area (TPSA) is 92.1 Å². The van der Waals surface area contributed by atoms with Crippen molar-refractivity contribution in [2.24, 2.45) is 0 Å². The summed E-state index contributed by atoms with van der Waals surface area (Å²) < 4.78 is 0. The molecule has 3 aromatic rings. The Kier molecular flexibility index (Phi) is 4.38. The number of H-pyrrole nitrogens is 1. The van der Waals surface area contributed by atoms with Gasteiger partial charge in [0, 0.05) is 29.3 Å². The number of carbonyl (C=O) groups is 1. The summed E-state index contributed by atoms with van der Waals surface area (Å²) in [4.78, 5) is 26.3. The van der Waals surface area contributed by atoms with Crippen LogP contribution < -0.4 is 0 Å². The van der Waals surface area contributed by atoms with E-state index in [0.29, 0.717) is 5.69 Å². The molecule has 1 aromatic heterocycles. The molecule has 1 aliphatic heterocycles. The lowest BCUT2D eigenvalue weighted by molar-refractivity contribution is -0.384. The fourth-order valence-electron chi connectivity index (χ4n) is 4.79. The van der Waals surface area contributed by atoms with E-state index in [1.807, 2.05) is 42.2 Å². The molecule has 7 nitrogen and oxygen atoms in total. The maximum absolute atomic E-state index is 13.4. The van der Waals surface area contributed by atoms with Gasteiger partial charge in [-0.15, -0.1) is 0 Å². The Balaban J connectivity index is 1.69. The number of carbonyl (C=O) groups excluding carboxylic acids is 1. The molecule has 0 bridgehead atoms. The van der Waals surface area contributed by atoms with Crippen LogP contribution in [0.5, 0.6) is 0 Å². The third-order valence-corrected chi connectivity index (χ3v) is 6.24. The molecule has 2 heterocycles. The number of nitro groups is 1. The van der Waals surface area contributed by atoms with Crippen LogP contribution in [0.1, 0.15) is 58.9 Å². The van der Waals surface area contributed by atoms with E-state index in [2.05, 4.69) is 10.2 Å². The van der Waals surface area contributed by atoms with Crippen LogP contribution in [0.4, 0.5) is 5.69 Å². The number of hydrogen-bond acceptors (Lipinski definition) is 4. The minimum atomic E-state index is -0.392. The van der Waals surface area contributed by atoms with E-state index in [4.69, 9.17) is 0 Å². The average molecular weight is 402 g/mol. The average Bonchev–Trinajstić information content (AvgIpc) is 3.46. The van der Waals surface area contributed by atoms with Gasteiger partial charge in [0.1, 0.15) is 5.69 Å². The van der Waals surface area contributed by atoms with Crippen molar-refractivity contribution in [3.8, 4) is 11.3 Å². The lowest BCUT2D eigenvalue weighted by Gasteiger charge is -2.31. The highest BCUT2D eigenvalue weighted by Gasteiger charge is 2.46. The molecule has 7 heteroatoms. The summed E-state index contributed by atoms with van der Waals surface area (Å²) >= 11 is 0. The fraction of sp³-hybridized carbons (Fsp3) is 0.304. The molecule has 0 spiro atoms. The van der Waals surface area contributed by atoms with Crippen molar-refractivity contribution in [3.05, 3.63) is 81.0 Å². The number of non-ortho nitro benzene ring substituents is 1. The molecule has 5 rings (SSSR count). The Hall–Kier alpha value is -3.48. The van der Waals surface area contributed by atoms with Gasteiger partial charge in [-0.05, 0) is 25.3 Å². The number of hydrogen-bond donors (Lipinski definition) is 1. The molecule has 1 atom stereocenters. The molecular weight excluding hydrogens is 380 g/mol. The molecular formula is C23H22N4O3. The zero-order valence-electron chi connectivity index (χ0n) is 16.7. The lowest BCUT2D eigenvalue weighted by Crippen LogP contribution is -2.37. The maximum atomic E-state index is 13.4. The minimum Gasteiger partial charge on any atom is -0.323 e. The number of nitro benzene ring substituents is 1. The van der Waals surface area contributed by atoms with Gasteiger partial charge < -0.3 is 4.90 Å². The van der Waals surface area contributed by atoms with Gasteiger partial charge in [0.05, 0.1) is 16.7 Å². The quantitative estimate of drug-likeness (QED) is 0.502. The van der Waals surface area contributed by atoms with E-state index in [9.17, 15) is 14.9 Å². The SMILES string of the molecule is Cc1ccc(-c2n[nH]c3c2C(c2cccc([N+](=O)[O-])c2)N(C2CCCC2)C3=O)cc1. The number of amides is 1. The number of rotatable bonds is 4. The summed E-state index contributed by atoms with van der Waals surface area (Å²) in [6, 6.07) is 14.4. The highest BCUT2D eigenvalue weighted by Crippen LogP contribution is 2.46. The first kappa shape index (κ1) is 18.5. The second-order valence-electron chi connectivity index (χ2n) is 8.13. The van der Waals surface area contributed by atoms with Gasteiger partial charge in [-0.25, -0.2) is 0 Å². The van der Waals surface area contributed by atoms with Gasteiger partial charge in [0.25, 0.3) is 11.6 Å². The fourth-order valence-corrected chi connectivity index (χ4v) is 4.79. The molecule has 1 N–H and O–H groups in total. The van der Waals surface area contributed by atoms with Crippen LogP contribution in [0.25, 0.3) is 11.3 Å². The molecule has 0 saturated heterocycles. The smallest absolute Gasteiger partial charge is 0.273 e. The first-order valence-corrected chi connectivity index (χ1v) is 10.3. The van der Waals surface area contributed by atoms with E-state index < -0.39 is 4.92 Å². The van der Waals surface area contributed by atoms with Crippen molar-refractivity contribution in [3.63, 3.8) is 0 Å². The zero-order chi connectivity index (χ0) is 20.8.